The Bertz CT molecular complexity index is 1090. The molecule has 0 atom stereocenters. The molecular formula is C25H31F6N3O5. The predicted molar refractivity (Wildman–Crippen MR) is 128 cm³/mol. The molecule has 1 aromatic heterocycles. The average Bonchev–Trinajstić information content (AvgIpc) is 3.26. The minimum Gasteiger partial charge on any atom is -0.475 e. The van der Waals surface area contributed by atoms with Crippen LogP contribution in [0.25, 0.3) is 11.3 Å². The largest absolute Gasteiger partial charge is 0.490 e. The summed E-state index contributed by atoms with van der Waals surface area (Å²) in [6.45, 7) is 7.15. The summed E-state index contributed by atoms with van der Waals surface area (Å²) < 4.78 is 76.1. The van der Waals surface area contributed by atoms with Crippen LogP contribution in [0.5, 0.6) is 0 Å². The fourth-order valence-electron chi connectivity index (χ4n) is 4.01. The highest BCUT2D eigenvalue weighted by Gasteiger charge is 2.38. The molecule has 0 saturated heterocycles. The summed E-state index contributed by atoms with van der Waals surface area (Å²) in [6, 6.07) is 4.79. The van der Waals surface area contributed by atoms with Crippen LogP contribution in [-0.4, -0.2) is 63.1 Å². The van der Waals surface area contributed by atoms with Crippen LogP contribution in [0, 0.1) is 0 Å². The van der Waals surface area contributed by atoms with Crippen LogP contribution in [0.3, 0.4) is 0 Å². The molecule has 0 unspecified atom stereocenters. The summed E-state index contributed by atoms with van der Waals surface area (Å²) in [7, 11) is 0. The Labute approximate surface area is 221 Å². The molecule has 1 saturated carbocycles. The Hall–Kier alpha value is -3.13. The molecular weight excluding hydrogens is 536 g/mol. The van der Waals surface area contributed by atoms with E-state index >= 15 is 0 Å². The fraction of sp³-hybridized carbons (Fsp3) is 0.560. The smallest absolute Gasteiger partial charge is 0.475 e. The Kier molecular flexibility index (Phi) is 10.9. The number of hydrogen-bond donors (Lipinski definition) is 3. The van der Waals surface area contributed by atoms with E-state index in [4.69, 9.17) is 14.4 Å². The van der Waals surface area contributed by atoms with Gasteiger partial charge in [0.1, 0.15) is 0 Å². The molecule has 1 aromatic carbocycles. The van der Waals surface area contributed by atoms with Crippen LogP contribution < -0.4 is 5.32 Å². The van der Waals surface area contributed by atoms with Crippen molar-refractivity contribution in [1.82, 2.24) is 15.4 Å². The monoisotopic (exact) mass is 567 g/mol. The number of benzene rings is 1. The average molecular weight is 568 g/mol. The summed E-state index contributed by atoms with van der Waals surface area (Å²) in [6.07, 6.45) is -7.23. The number of aliphatic hydroxyl groups is 1. The van der Waals surface area contributed by atoms with Gasteiger partial charge in [0, 0.05) is 29.8 Å². The number of aliphatic carboxylic acids is 1. The molecule has 14 heteroatoms. The minimum atomic E-state index is -5.08. The van der Waals surface area contributed by atoms with Gasteiger partial charge < -0.3 is 20.1 Å². The van der Waals surface area contributed by atoms with Gasteiger partial charge in [0.25, 0.3) is 5.91 Å². The van der Waals surface area contributed by atoms with Gasteiger partial charge in [-0.3, -0.25) is 9.69 Å². The number of hydrogen-bond acceptors (Lipinski definition) is 6. The van der Waals surface area contributed by atoms with Gasteiger partial charge in [-0.2, -0.15) is 26.3 Å². The number of aromatic nitrogens is 1. The molecule has 0 bridgehead atoms. The lowest BCUT2D eigenvalue weighted by Gasteiger charge is -2.26. The van der Waals surface area contributed by atoms with Crippen molar-refractivity contribution in [2.75, 3.05) is 6.54 Å². The number of amides is 1. The van der Waals surface area contributed by atoms with Crippen molar-refractivity contribution in [3.8, 4) is 11.3 Å². The van der Waals surface area contributed by atoms with Crippen LogP contribution in [0.2, 0.25) is 0 Å². The zero-order valence-corrected chi connectivity index (χ0v) is 21.6. The number of alkyl halides is 6. The van der Waals surface area contributed by atoms with E-state index in [1.54, 1.807) is 0 Å². The Morgan fingerprint density at radius 2 is 1.62 bits per heavy atom. The van der Waals surface area contributed by atoms with Crippen molar-refractivity contribution < 1.29 is 50.7 Å². The number of carboxylic acid groups (broad SMARTS) is 1. The third kappa shape index (κ3) is 9.24. The van der Waals surface area contributed by atoms with E-state index in [0.717, 1.165) is 18.7 Å². The minimum absolute atomic E-state index is 0.0580. The van der Waals surface area contributed by atoms with E-state index in [9.17, 15) is 36.2 Å². The standard InChI is InChI=1S/C23H30F3N3O3.C2HF3O2/c1-4-29(14(2)3)13-19-20(22(31)27-17-9-11-18(30)12-10-17)28-32-21(19)15-5-7-16(8-6-15)23(24,25)26;3-2(4,5)1(6)7/h5-8,14,17-18,30H,4,9-13H2,1-3H3,(H,27,31);(H,6,7). The summed E-state index contributed by atoms with van der Waals surface area (Å²) in [5, 5.41) is 23.8. The third-order valence-corrected chi connectivity index (χ3v) is 6.25. The summed E-state index contributed by atoms with van der Waals surface area (Å²) in [5.74, 6) is -2.84. The lowest BCUT2D eigenvalue weighted by molar-refractivity contribution is -0.192. The quantitative estimate of drug-likeness (QED) is 0.391. The first kappa shape index (κ1) is 32.1. The summed E-state index contributed by atoms with van der Waals surface area (Å²) in [4.78, 5) is 24.0. The number of carboxylic acids is 1. The van der Waals surface area contributed by atoms with E-state index in [0.29, 0.717) is 49.1 Å². The number of rotatable bonds is 7. The van der Waals surface area contributed by atoms with Gasteiger partial charge in [-0.1, -0.05) is 24.2 Å². The number of aliphatic hydroxyl groups excluding tert-OH is 1. The topological polar surface area (TPSA) is 116 Å². The molecule has 0 radical (unpaired) electrons. The van der Waals surface area contributed by atoms with E-state index < -0.39 is 23.9 Å². The van der Waals surface area contributed by atoms with Gasteiger partial charge in [-0.25, -0.2) is 4.79 Å². The number of carbonyl (C=O) groups excluding carboxylic acids is 1. The highest BCUT2D eigenvalue weighted by atomic mass is 19.4. The normalized spacial score (nSPS) is 18.1. The van der Waals surface area contributed by atoms with E-state index in [1.807, 2.05) is 20.8 Å². The first-order valence-electron chi connectivity index (χ1n) is 12.2. The van der Waals surface area contributed by atoms with E-state index in [2.05, 4.69) is 15.4 Å². The van der Waals surface area contributed by atoms with Crippen LogP contribution in [0.1, 0.15) is 68.1 Å². The van der Waals surface area contributed by atoms with Gasteiger partial charge in [-0.15, -0.1) is 0 Å². The second kappa shape index (κ2) is 13.3. The van der Waals surface area contributed by atoms with Gasteiger partial charge in [0.15, 0.2) is 11.5 Å². The Balaban J connectivity index is 0.000000673. The van der Waals surface area contributed by atoms with Crippen molar-refractivity contribution in [2.24, 2.45) is 0 Å². The predicted octanol–water partition coefficient (Wildman–Crippen LogP) is 5.26. The summed E-state index contributed by atoms with van der Waals surface area (Å²) >= 11 is 0. The molecule has 8 nitrogen and oxygen atoms in total. The lowest BCUT2D eigenvalue weighted by Crippen LogP contribution is -2.39. The van der Waals surface area contributed by atoms with E-state index in [1.165, 1.54) is 12.1 Å². The highest BCUT2D eigenvalue weighted by Crippen LogP contribution is 2.33. The van der Waals surface area contributed by atoms with Crippen molar-refractivity contribution in [3.05, 3.63) is 41.1 Å². The van der Waals surface area contributed by atoms with Crippen molar-refractivity contribution in [3.63, 3.8) is 0 Å². The van der Waals surface area contributed by atoms with Gasteiger partial charge in [-0.05, 0) is 58.2 Å². The first-order chi connectivity index (χ1) is 18.0. The SMILES string of the molecule is CCN(Cc1c(C(=O)NC2CCC(O)CC2)noc1-c1ccc(C(F)(F)F)cc1)C(C)C.O=C(O)C(F)(F)F. The number of nitrogens with one attached hydrogen (secondary N) is 1. The third-order valence-electron chi connectivity index (χ3n) is 6.25. The maximum atomic E-state index is 13.0. The Morgan fingerprint density at radius 1 is 1.08 bits per heavy atom. The maximum Gasteiger partial charge on any atom is 0.490 e. The molecule has 1 fully saturated rings. The fourth-order valence-corrected chi connectivity index (χ4v) is 4.01. The molecule has 39 heavy (non-hydrogen) atoms. The molecule has 0 aliphatic heterocycles. The Morgan fingerprint density at radius 3 is 2.05 bits per heavy atom. The van der Waals surface area contributed by atoms with Crippen LogP contribution in [0.4, 0.5) is 26.3 Å². The van der Waals surface area contributed by atoms with Crippen LogP contribution >= 0.6 is 0 Å². The van der Waals surface area contributed by atoms with Gasteiger partial charge in [0.2, 0.25) is 0 Å². The molecule has 3 rings (SSSR count). The molecule has 1 heterocycles. The van der Waals surface area contributed by atoms with Crippen molar-refractivity contribution in [1.29, 1.82) is 0 Å². The molecule has 0 spiro atoms. The molecule has 1 aliphatic carbocycles. The maximum absolute atomic E-state index is 13.0. The van der Waals surface area contributed by atoms with E-state index in [-0.39, 0.29) is 29.8 Å². The summed E-state index contributed by atoms with van der Waals surface area (Å²) in [5.41, 5.74) is 0.371. The number of halogens is 6. The van der Waals surface area contributed by atoms with Crippen LogP contribution in [-0.2, 0) is 17.5 Å². The van der Waals surface area contributed by atoms with Crippen molar-refractivity contribution in [2.45, 2.75) is 83.5 Å². The number of nitrogens with zero attached hydrogens (tertiary/aromatic N) is 2. The first-order valence-corrected chi connectivity index (χ1v) is 12.2. The van der Waals surface area contributed by atoms with Gasteiger partial charge in [0.05, 0.1) is 11.7 Å². The second-order valence-corrected chi connectivity index (χ2v) is 9.35. The molecule has 1 amide bonds. The molecule has 218 valence electrons. The number of carbonyl (C=O) groups is 2. The zero-order chi connectivity index (χ0) is 29.5. The zero-order valence-electron chi connectivity index (χ0n) is 21.6. The highest BCUT2D eigenvalue weighted by molar-refractivity contribution is 5.95. The van der Waals surface area contributed by atoms with Gasteiger partial charge >= 0.3 is 18.3 Å². The van der Waals surface area contributed by atoms with Crippen molar-refractivity contribution >= 4 is 11.9 Å². The lowest BCUT2D eigenvalue weighted by atomic mass is 9.93. The second-order valence-electron chi connectivity index (χ2n) is 9.35. The van der Waals surface area contributed by atoms with Crippen LogP contribution in [0.15, 0.2) is 28.8 Å². The molecule has 2 aromatic rings. The molecule has 3 N–H and O–H groups in total. The molecule has 1 aliphatic rings.